The van der Waals surface area contributed by atoms with Crippen molar-refractivity contribution < 1.29 is 18.7 Å². The molecular formula is C15H11ClFN3O3. The highest BCUT2D eigenvalue weighted by atomic mass is 35.5. The summed E-state index contributed by atoms with van der Waals surface area (Å²) in [5.41, 5.74) is 0.787. The zero-order valence-electron chi connectivity index (χ0n) is 11.9. The van der Waals surface area contributed by atoms with Crippen LogP contribution in [0, 0.1) is 5.82 Å². The molecule has 1 unspecified atom stereocenters. The summed E-state index contributed by atoms with van der Waals surface area (Å²) in [4.78, 5) is 19.9. The van der Waals surface area contributed by atoms with Crippen molar-refractivity contribution >= 4 is 23.4 Å². The fourth-order valence-electron chi connectivity index (χ4n) is 2.35. The minimum absolute atomic E-state index is 0.0221. The smallest absolute Gasteiger partial charge is 0.335 e. The molecule has 0 saturated heterocycles. The lowest BCUT2D eigenvalue weighted by Crippen LogP contribution is -2.32. The number of hydrogen-bond acceptors (Lipinski definition) is 5. The van der Waals surface area contributed by atoms with Gasteiger partial charge in [0.05, 0.1) is 11.8 Å². The van der Waals surface area contributed by atoms with Gasteiger partial charge in [0.25, 0.3) is 5.89 Å². The Bertz CT molecular complexity index is 830. The van der Waals surface area contributed by atoms with Crippen LogP contribution in [0.15, 0.2) is 51.3 Å². The van der Waals surface area contributed by atoms with E-state index in [1.807, 2.05) is 0 Å². The molecular weight excluding hydrogens is 325 g/mol. The van der Waals surface area contributed by atoms with E-state index >= 15 is 0 Å². The first kappa shape index (κ1) is 15.2. The molecule has 1 aliphatic heterocycles. The van der Waals surface area contributed by atoms with Gasteiger partial charge in [-0.2, -0.15) is 0 Å². The van der Waals surface area contributed by atoms with Gasteiger partial charge in [-0.25, -0.2) is 14.2 Å². The number of carboxylic acids is 1. The molecule has 0 amide bonds. The molecule has 0 saturated carbocycles. The van der Waals surface area contributed by atoms with Gasteiger partial charge in [0.15, 0.2) is 5.84 Å². The fourth-order valence-corrected chi connectivity index (χ4v) is 2.62. The third kappa shape index (κ3) is 2.83. The summed E-state index contributed by atoms with van der Waals surface area (Å²) in [6.45, 7) is 1.60. The third-order valence-electron chi connectivity index (χ3n) is 3.36. The number of halogens is 2. The normalized spacial score (nSPS) is 17.7. The number of allylic oxidation sites excluding steroid dienone is 1. The van der Waals surface area contributed by atoms with Crippen molar-refractivity contribution in [3.63, 3.8) is 0 Å². The van der Waals surface area contributed by atoms with Crippen LogP contribution in [0.4, 0.5) is 4.39 Å². The Morgan fingerprint density at radius 3 is 2.87 bits per heavy atom. The predicted molar refractivity (Wildman–Crippen MR) is 80.7 cm³/mol. The van der Waals surface area contributed by atoms with Crippen molar-refractivity contribution in [2.24, 2.45) is 4.99 Å². The Balaban J connectivity index is 2.14. The number of benzene rings is 1. The van der Waals surface area contributed by atoms with Crippen LogP contribution in [0.2, 0.25) is 5.02 Å². The van der Waals surface area contributed by atoms with Gasteiger partial charge in [0.1, 0.15) is 18.1 Å². The van der Waals surface area contributed by atoms with Crippen molar-refractivity contribution in [3.05, 3.63) is 64.2 Å². The Morgan fingerprint density at radius 1 is 1.48 bits per heavy atom. The Labute approximate surface area is 135 Å². The summed E-state index contributed by atoms with van der Waals surface area (Å²) in [7, 11) is 0. The van der Waals surface area contributed by atoms with E-state index in [1.54, 1.807) is 6.92 Å². The molecule has 0 fully saturated rings. The molecule has 2 aromatic rings. The molecule has 0 spiro atoms. The molecule has 1 aromatic carbocycles. The standard InChI is InChI=1S/C15H11ClFN3O3/c1-7-11(15(21)22)12(9-3-2-8(17)6-10(9)16)20-13(19-7)14-18-4-5-23-14/h2-6,12H,1H3,(H,19,20)(H,21,22). The number of rotatable bonds is 3. The highest BCUT2D eigenvalue weighted by Gasteiger charge is 2.31. The van der Waals surface area contributed by atoms with Gasteiger partial charge in [-0.3, -0.25) is 4.99 Å². The lowest BCUT2D eigenvalue weighted by Gasteiger charge is -2.24. The predicted octanol–water partition coefficient (Wildman–Crippen LogP) is 2.92. The van der Waals surface area contributed by atoms with Crippen LogP contribution in [-0.2, 0) is 4.79 Å². The Hall–Kier alpha value is -2.67. The number of aliphatic imine (C=N–C) groups is 1. The monoisotopic (exact) mass is 335 g/mol. The molecule has 1 aliphatic rings. The molecule has 118 valence electrons. The van der Waals surface area contributed by atoms with Crippen LogP contribution >= 0.6 is 11.6 Å². The number of aromatic nitrogens is 1. The third-order valence-corrected chi connectivity index (χ3v) is 3.69. The van der Waals surface area contributed by atoms with Crippen LogP contribution in [0.1, 0.15) is 24.4 Å². The first-order valence-corrected chi connectivity index (χ1v) is 6.99. The first-order valence-electron chi connectivity index (χ1n) is 6.61. The molecule has 23 heavy (non-hydrogen) atoms. The van der Waals surface area contributed by atoms with E-state index in [2.05, 4.69) is 15.3 Å². The van der Waals surface area contributed by atoms with E-state index in [1.165, 1.54) is 24.6 Å². The van der Waals surface area contributed by atoms with E-state index in [-0.39, 0.29) is 22.3 Å². The van der Waals surface area contributed by atoms with E-state index < -0.39 is 17.8 Å². The summed E-state index contributed by atoms with van der Waals surface area (Å²) < 4.78 is 18.4. The maximum Gasteiger partial charge on any atom is 0.335 e. The second-order valence-corrected chi connectivity index (χ2v) is 5.26. The van der Waals surface area contributed by atoms with Crippen molar-refractivity contribution in [1.82, 2.24) is 10.3 Å². The van der Waals surface area contributed by atoms with Crippen LogP contribution in [0.5, 0.6) is 0 Å². The second kappa shape index (κ2) is 5.85. The van der Waals surface area contributed by atoms with Crippen molar-refractivity contribution in [3.8, 4) is 0 Å². The number of carbonyl (C=O) groups is 1. The van der Waals surface area contributed by atoms with E-state index in [0.29, 0.717) is 11.3 Å². The Morgan fingerprint density at radius 2 is 2.26 bits per heavy atom. The van der Waals surface area contributed by atoms with Crippen LogP contribution in [-0.4, -0.2) is 21.9 Å². The molecule has 6 nitrogen and oxygen atoms in total. The number of hydrogen-bond donors (Lipinski definition) is 2. The highest BCUT2D eigenvalue weighted by molar-refractivity contribution is 6.31. The molecule has 1 aromatic heterocycles. The summed E-state index contributed by atoms with van der Waals surface area (Å²) >= 11 is 6.07. The van der Waals surface area contributed by atoms with Gasteiger partial charge in [-0.15, -0.1) is 0 Å². The number of carboxylic acid groups (broad SMARTS) is 1. The average molecular weight is 336 g/mol. The van der Waals surface area contributed by atoms with Gasteiger partial charge >= 0.3 is 5.97 Å². The Kier molecular flexibility index (Phi) is 3.87. The molecule has 1 atom stereocenters. The molecule has 0 bridgehead atoms. The van der Waals surface area contributed by atoms with Crippen LogP contribution in [0.3, 0.4) is 0 Å². The molecule has 3 rings (SSSR count). The number of amidine groups is 1. The molecule has 8 heteroatoms. The summed E-state index contributed by atoms with van der Waals surface area (Å²) in [5.74, 6) is -1.15. The molecule has 2 N–H and O–H groups in total. The number of aliphatic carboxylic acids is 1. The zero-order valence-corrected chi connectivity index (χ0v) is 12.6. The fraction of sp³-hybridized carbons (Fsp3) is 0.133. The van der Waals surface area contributed by atoms with Crippen LogP contribution < -0.4 is 5.32 Å². The largest absolute Gasteiger partial charge is 0.478 e. The number of nitrogens with zero attached hydrogens (tertiary/aromatic N) is 2. The van der Waals surface area contributed by atoms with Crippen molar-refractivity contribution in [2.45, 2.75) is 13.0 Å². The van der Waals surface area contributed by atoms with Gasteiger partial charge in [0.2, 0.25) is 0 Å². The minimum Gasteiger partial charge on any atom is -0.478 e. The number of oxazole rings is 1. The molecule has 2 heterocycles. The minimum atomic E-state index is -1.14. The zero-order chi connectivity index (χ0) is 16.6. The van der Waals surface area contributed by atoms with Gasteiger partial charge in [-0.1, -0.05) is 17.7 Å². The maximum atomic E-state index is 13.3. The van der Waals surface area contributed by atoms with Crippen molar-refractivity contribution in [1.29, 1.82) is 0 Å². The topological polar surface area (TPSA) is 87.7 Å². The maximum absolute atomic E-state index is 13.3. The summed E-state index contributed by atoms with van der Waals surface area (Å²) in [6.07, 6.45) is 2.83. The number of nitrogens with one attached hydrogen (secondary N) is 1. The molecule has 0 aliphatic carbocycles. The van der Waals surface area contributed by atoms with Crippen molar-refractivity contribution in [2.75, 3.05) is 0 Å². The van der Waals surface area contributed by atoms with Crippen LogP contribution in [0.25, 0.3) is 0 Å². The first-order chi connectivity index (χ1) is 11.0. The lowest BCUT2D eigenvalue weighted by atomic mass is 9.96. The second-order valence-electron chi connectivity index (χ2n) is 4.85. The van der Waals surface area contributed by atoms with Gasteiger partial charge in [0, 0.05) is 16.3 Å². The summed E-state index contributed by atoms with van der Waals surface area (Å²) in [5, 5.41) is 12.4. The van der Waals surface area contributed by atoms with E-state index in [9.17, 15) is 14.3 Å². The van der Waals surface area contributed by atoms with E-state index in [4.69, 9.17) is 16.0 Å². The van der Waals surface area contributed by atoms with Gasteiger partial charge < -0.3 is 14.8 Å². The average Bonchev–Trinajstić information content (AvgIpc) is 3.00. The quantitative estimate of drug-likeness (QED) is 0.900. The lowest BCUT2D eigenvalue weighted by molar-refractivity contribution is -0.133. The highest BCUT2D eigenvalue weighted by Crippen LogP contribution is 2.35. The summed E-state index contributed by atoms with van der Waals surface area (Å²) in [6, 6.07) is 2.84. The molecule has 0 radical (unpaired) electrons. The van der Waals surface area contributed by atoms with Gasteiger partial charge in [-0.05, 0) is 19.1 Å². The SMILES string of the molecule is CC1=C(C(=O)O)C(c2ccc(F)cc2Cl)N=C(c2ncco2)N1. The van der Waals surface area contributed by atoms with E-state index in [0.717, 1.165) is 6.07 Å².